The fourth-order valence-electron chi connectivity index (χ4n) is 2.63. The van der Waals surface area contributed by atoms with Crippen LogP contribution in [0.4, 0.5) is 5.69 Å². The van der Waals surface area contributed by atoms with E-state index in [1.807, 2.05) is 0 Å². The zero-order valence-corrected chi connectivity index (χ0v) is 13.5. The molecule has 0 aromatic heterocycles. The Morgan fingerprint density at radius 1 is 1.16 bits per heavy atom. The van der Waals surface area contributed by atoms with Crippen LogP contribution < -0.4 is 20.3 Å². The van der Waals surface area contributed by atoms with Crippen molar-refractivity contribution in [1.82, 2.24) is 5.43 Å². The van der Waals surface area contributed by atoms with Gasteiger partial charge in [-0.05, 0) is 24.3 Å². The molecule has 0 radical (unpaired) electrons. The van der Waals surface area contributed by atoms with E-state index in [0.717, 1.165) is 0 Å². The second-order valence-electron chi connectivity index (χ2n) is 5.17. The molecule has 130 valence electrons. The SMILES string of the molecule is COc1ccc2c(c1OC)C(=O)OC2NNc1ccccc1C(=O)O. The molecule has 0 saturated heterocycles. The number of fused-ring (bicyclic) bond motifs is 1. The maximum atomic E-state index is 12.2. The fourth-order valence-corrected chi connectivity index (χ4v) is 2.63. The van der Waals surface area contributed by atoms with Crippen LogP contribution in [0.25, 0.3) is 0 Å². The van der Waals surface area contributed by atoms with Crippen LogP contribution in [0.3, 0.4) is 0 Å². The quantitative estimate of drug-likeness (QED) is 0.541. The monoisotopic (exact) mass is 344 g/mol. The number of anilines is 1. The highest BCUT2D eigenvalue weighted by atomic mass is 16.6. The summed E-state index contributed by atoms with van der Waals surface area (Å²) in [5.41, 5.74) is 6.87. The number of carboxylic acid groups (broad SMARTS) is 1. The lowest BCUT2D eigenvalue weighted by Gasteiger charge is -2.16. The lowest BCUT2D eigenvalue weighted by Crippen LogP contribution is -2.28. The number of benzene rings is 2. The number of cyclic esters (lactones) is 1. The summed E-state index contributed by atoms with van der Waals surface area (Å²) in [5.74, 6) is -0.917. The number of nitrogens with one attached hydrogen (secondary N) is 2. The standard InChI is InChI=1S/C17H16N2O6/c1-23-12-8-7-10-13(14(12)24-2)17(22)25-15(10)19-18-11-6-4-3-5-9(11)16(20)21/h3-8,15,18-19H,1-2H3,(H,20,21). The number of methoxy groups -OCH3 is 2. The first-order valence-electron chi connectivity index (χ1n) is 7.36. The van der Waals surface area contributed by atoms with Gasteiger partial charge in [0.05, 0.1) is 25.5 Å². The predicted octanol–water partition coefficient (Wildman–Crippen LogP) is 2.19. The molecule has 2 aromatic carbocycles. The molecule has 8 heteroatoms. The van der Waals surface area contributed by atoms with E-state index in [1.165, 1.54) is 20.3 Å². The first kappa shape index (κ1) is 16.6. The Kier molecular flexibility index (Phi) is 4.44. The highest BCUT2D eigenvalue weighted by molar-refractivity contribution is 5.98. The molecular formula is C17H16N2O6. The molecule has 1 heterocycles. The second-order valence-corrected chi connectivity index (χ2v) is 5.17. The van der Waals surface area contributed by atoms with E-state index < -0.39 is 18.2 Å². The van der Waals surface area contributed by atoms with Gasteiger partial charge >= 0.3 is 11.9 Å². The molecule has 0 fully saturated rings. The van der Waals surface area contributed by atoms with E-state index in [0.29, 0.717) is 22.7 Å². The molecule has 25 heavy (non-hydrogen) atoms. The van der Waals surface area contributed by atoms with Gasteiger partial charge in [0, 0.05) is 5.56 Å². The lowest BCUT2D eigenvalue weighted by molar-refractivity contribution is 0.0325. The molecule has 0 saturated carbocycles. The number of esters is 1. The van der Waals surface area contributed by atoms with Crippen LogP contribution in [0.5, 0.6) is 11.5 Å². The average molecular weight is 344 g/mol. The van der Waals surface area contributed by atoms with Crippen molar-refractivity contribution in [3.05, 3.63) is 53.1 Å². The van der Waals surface area contributed by atoms with Gasteiger partial charge in [0.2, 0.25) is 0 Å². The summed E-state index contributed by atoms with van der Waals surface area (Å²) in [6.07, 6.45) is -0.802. The highest BCUT2D eigenvalue weighted by Gasteiger charge is 2.35. The van der Waals surface area contributed by atoms with E-state index in [2.05, 4.69) is 10.9 Å². The first-order chi connectivity index (χ1) is 12.1. The minimum atomic E-state index is -1.07. The third-order valence-electron chi connectivity index (χ3n) is 3.78. The Hall–Kier alpha value is -3.26. The normalized spacial score (nSPS) is 15.3. The highest BCUT2D eigenvalue weighted by Crippen LogP contribution is 2.40. The summed E-state index contributed by atoms with van der Waals surface area (Å²) in [6, 6.07) is 9.73. The molecule has 1 atom stereocenters. The summed E-state index contributed by atoms with van der Waals surface area (Å²) >= 11 is 0. The van der Waals surface area contributed by atoms with E-state index in [9.17, 15) is 14.7 Å². The number of rotatable bonds is 6. The van der Waals surface area contributed by atoms with E-state index in [-0.39, 0.29) is 11.1 Å². The largest absolute Gasteiger partial charge is 0.493 e. The molecular weight excluding hydrogens is 328 g/mol. The molecule has 0 amide bonds. The molecule has 3 rings (SSSR count). The Balaban J connectivity index is 1.86. The van der Waals surface area contributed by atoms with Crippen LogP contribution in [0, 0.1) is 0 Å². The van der Waals surface area contributed by atoms with Gasteiger partial charge in [-0.15, -0.1) is 0 Å². The maximum Gasteiger partial charge on any atom is 0.344 e. The first-order valence-corrected chi connectivity index (χ1v) is 7.36. The summed E-state index contributed by atoms with van der Waals surface area (Å²) in [7, 11) is 2.91. The number of hydrogen-bond donors (Lipinski definition) is 3. The van der Waals surface area contributed by atoms with Crippen molar-refractivity contribution in [3.63, 3.8) is 0 Å². The Bertz CT molecular complexity index is 836. The van der Waals surface area contributed by atoms with Crippen molar-refractivity contribution in [3.8, 4) is 11.5 Å². The Morgan fingerprint density at radius 2 is 1.92 bits per heavy atom. The molecule has 8 nitrogen and oxygen atoms in total. The second kappa shape index (κ2) is 6.70. The van der Waals surface area contributed by atoms with Crippen molar-refractivity contribution in [2.24, 2.45) is 0 Å². The van der Waals surface area contributed by atoms with Crippen LogP contribution in [0.15, 0.2) is 36.4 Å². The molecule has 0 spiro atoms. The van der Waals surface area contributed by atoms with Gasteiger partial charge in [0.25, 0.3) is 0 Å². The van der Waals surface area contributed by atoms with Crippen molar-refractivity contribution >= 4 is 17.6 Å². The van der Waals surface area contributed by atoms with Crippen molar-refractivity contribution < 1.29 is 28.9 Å². The fraction of sp³-hybridized carbons (Fsp3) is 0.176. The van der Waals surface area contributed by atoms with Gasteiger partial charge in [0.1, 0.15) is 5.56 Å². The van der Waals surface area contributed by atoms with Crippen molar-refractivity contribution in [1.29, 1.82) is 0 Å². The topological polar surface area (TPSA) is 106 Å². The third kappa shape index (κ3) is 2.94. The van der Waals surface area contributed by atoms with Gasteiger partial charge < -0.3 is 24.7 Å². The zero-order valence-electron chi connectivity index (χ0n) is 13.5. The van der Waals surface area contributed by atoms with E-state index >= 15 is 0 Å². The van der Waals surface area contributed by atoms with Crippen LogP contribution in [-0.4, -0.2) is 31.3 Å². The lowest BCUT2D eigenvalue weighted by atomic mass is 10.1. The minimum Gasteiger partial charge on any atom is -0.493 e. The number of para-hydroxylation sites is 1. The van der Waals surface area contributed by atoms with Crippen LogP contribution in [-0.2, 0) is 4.74 Å². The molecule has 2 aromatic rings. The predicted molar refractivity (Wildman–Crippen MR) is 87.9 cm³/mol. The summed E-state index contributed by atoms with van der Waals surface area (Å²) < 4.78 is 15.7. The van der Waals surface area contributed by atoms with Gasteiger partial charge in [0.15, 0.2) is 17.7 Å². The molecule has 1 aliphatic heterocycles. The maximum absolute atomic E-state index is 12.2. The smallest absolute Gasteiger partial charge is 0.344 e. The molecule has 1 aliphatic rings. The number of hydrogen-bond acceptors (Lipinski definition) is 7. The minimum absolute atomic E-state index is 0.0897. The molecule has 0 bridgehead atoms. The van der Waals surface area contributed by atoms with E-state index in [4.69, 9.17) is 14.2 Å². The molecule has 1 unspecified atom stereocenters. The van der Waals surface area contributed by atoms with Gasteiger partial charge in [-0.2, -0.15) is 5.43 Å². The number of carbonyl (C=O) groups is 2. The summed E-state index contributed by atoms with van der Waals surface area (Å²) in [5, 5.41) is 9.20. The Labute approximate surface area is 143 Å². The number of ether oxygens (including phenoxy) is 3. The number of aromatic carboxylic acids is 1. The van der Waals surface area contributed by atoms with Crippen molar-refractivity contribution in [2.45, 2.75) is 6.23 Å². The zero-order chi connectivity index (χ0) is 18.0. The van der Waals surface area contributed by atoms with Gasteiger partial charge in [-0.1, -0.05) is 12.1 Å². The molecule has 3 N–H and O–H groups in total. The summed E-state index contributed by atoms with van der Waals surface area (Å²) in [6.45, 7) is 0. The van der Waals surface area contributed by atoms with Gasteiger partial charge in [-0.25, -0.2) is 9.59 Å². The number of hydrazine groups is 1. The van der Waals surface area contributed by atoms with Crippen molar-refractivity contribution in [2.75, 3.05) is 19.6 Å². The third-order valence-corrected chi connectivity index (χ3v) is 3.78. The van der Waals surface area contributed by atoms with Crippen LogP contribution in [0.1, 0.15) is 32.5 Å². The number of carbonyl (C=O) groups excluding carboxylic acids is 1. The molecule has 0 aliphatic carbocycles. The number of carboxylic acids is 1. The van der Waals surface area contributed by atoms with E-state index in [1.54, 1.807) is 30.3 Å². The Morgan fingerprint density at radius 3 is 2.60 bits per heavy atom. The van der Waals surface area contributed by atoms with Crippen LogP contribution in [0.2, 0.25) is 0 Å². The average Bonchev–Trinajstić information content (AvgIpc) is 2.95. The van der Waals surface area contributed by atoms with Gasteiger partial charge in [-0.3, -0.25) is 0 Å². The summed E-state index contributed by atoms with van der Waals surface area (Å²) in [4.78, 5) is 23.4. The van der Waals surface area contributed by atoms with Crippen LogP contribution >= 0.6 is 0 Å².